The molecular weight excluding hydrogens is 214 g/mol. The largest absolute Gasteiger partial charge is 0.493 e. The predicted octanol–water partition coefficient (Wildman–Crippen LogP) is 2.48. The van der Waals surface area contributed by atoms with Gasteiger partial charge in [-0.3, -0.25) is 4.79 Å². The third-order valence-electron chi connectivity index (χ3n) is 2.78. The van der Waals surface area contributed by atoms with Crippen molar-refractivity contribution in [2.75, 3.05) is 6.61 Å². The average molecular weight is 235 g/mol. The van der Waals surface area contributed by atoms with Gasteiger partial charge in [0.2, 0.25) is 5.91 Å². The number of carbonyl (C=O) groups is 1. The van der Waals surface area contributed by atoms with Crippen LogP contribution in [0.5, 0.6) is 5.75 Å². The second-order valence-electron chi connectivity index (χ2n) is 5.22. The molecule has 0 saturated heterocycles. The van der Waals surface area contributed by atoms with Gasteiger partial charge >= 0.3 is 0 Å². The highest BCUT2D eigenvalue weighted by atomic mass is 16.5. The van der Waals surface area contributed by atoms with E-state index in [2.05, 4.69) is 13.8 Å². The molecule has 1 amide bonds. The molecule has 0 bridgehead atoms. The van der Waals surface area contributed by atoms with E-state index < -0.39 is 5.41 Å². The number of nitrogens with two attached hydrogens (primary N) is 1. The Balaban J connectivity index is 2.78. The van der Waals surface area contributed by atoms with Crippen LogP contribution in [-0.4, -0.2) is 12.5 Å². The number of carbonyl (C=O) groups excluding carboxylic acids is 1. The van der Waals surface area contributed by atoms with Crippen LogP contribution in [0.15, 0.2) is 24.3 Å². The van der Waals surface area contributed by atoms with Crippen LogP contribution in [-0.2, 0) is 10.2 Å². The Bertz CT molecular complexity index is 380. The summed E-state index contributed by atoms with van der Waals surface area (Å²) in [7, 11) is 0. The molecule has 17 heavy (non-hydrogen) atoms. The highest BCUT2D eigenvalue weighted by Crippen LogP contribution is 2.24. The van der Waals surface area contributed by atoms with Gasteiger partial charge in [-0.05, 0) is 37.5 Å². The van der Waals surface area contributed by atoms with E-state index in [1.54, 1.807) is 0 Å². The normalized spacial score (nSPS) is 11.6. The molecular formula is C14H21NO2. The molecule has 1 aromatic rings. The van der Waals surface area contributed by atoms with Crippen LogP contribution in [0.2, 0.25) is 0 Å². The summed E-state index contributed by atoms with van der Waals surface area (Å²) in [6.45, 7) is 8.53. The fourth-order valence-electron chi connectivity index (χ4n) is 1.37. The molecule has 0 aliphatic rings. The fraction of sp³-hybridized carbons (Fsp3) is 0.500. The van der Waals surface area contributed by atoms with Crippen LogP contribution >= 0.6 is 0 Å². The lowest BCUT2D eigenvalue weighted by atomic mass is 9.84. The fourth-order valence-corrected chi connectivity index (χ4v) is 1.37. The van der Waals surface area contributed by atoms with Gasteiger partial charge in [-0.25, -0.2) is 0 Å². The van der Waals surface area contributed by atoms with E-state index in [9.17, 15) is 4.79 Å². The van der Waals surface area contributed by atoms with Gasteiger partial charge in [-0.1, -0.05) is 26.0 Å². The van der Waals surface area contributed by atoms with Crippen molar-refractivity contribution in [1.82, 2.24) is 0 Å². The quantitative estimate of drug-likeness (QED) is 0.852. The molecule has 3 nitrogen and oxygen atoms in total. The Morgan fingerprint density at radius 1 is 1.29 bits per heavy atom. The van der Waals surface area contributed by atoms with E-state index in [1.807, 2.05) is 38.1 Å². The molecule has 94 valence electrons. The van der Waals surface area contributed by atoms with Crippen molar-refractivity contribution in [3.05, 3.63) is 29.8 Å². The molecule has 0 heterocycles. The topological polar surface area (TPSA) is 52.3 Å². The second kappa shape index (κ2) is 5.21. The van der Waals surface area contributed by atoms with Gasteiger partial charge in [-0.2, -0.15) is 0 Å². The minimum atomic E-state index is -0.642. The molecule has 0 atom stereocenters. The van der Waals surface area contributed by atoms with Gasteiger partial charge < -0.3 is 10.5 Å². The first-order valence-electron chi connectivity index (χ1n) is 5.87. The Morgan fingerprint density at radius 3 is 2.24 bits per heavy atom. The monoisotopic (exact) mass is 235 g/mol. The minimum absolute atomic E-state index is 0.326. The van der Waals surface area contributed by atoms with Gasteiger partial charge in [0.15, 0.2) is 0 Å². The first-order valence-corrected chi connectivity index (χ1v) is 5.87. The molecule has 0 fully saturated rings. The van der Waals surface area contributed by atoms with Crippen molar-refractivity contribution < 1.29 is 9.53 Å². The van der Waals surface area contributed by atoms with Crippen LogP contribution in [0.4, 0.5) is 0 Å². The van der Waals surface area contributed by atoms with Crippen LogP contribution in [0, 0.1) is 5.92 Å². The van der Waals surface area contributed by atoms with E-state index in [1.165, 1.54) is 0 Å². The Morgan fingerprint density at radius 2 is 1.82 bits per heavy atom. The second-order valence-corrected chi connectivity index (χ2v) is 5.22. The average Bonchev–Trinajstić information content (AvgIpc) is 2.26. The molecule has 3 heteroatoms. The molecule has 0 aromatic heterocycles. The summed E-state index contributed by atoms with van der Waals surface area (Å²) in [5, 5.41) is 0. The summed E-state index contributed by atoms with van der Waals surface area (Å²) in [5.74, 6) is 0.993. The lowest BCUT2D eigenvalue weighted by molar-refractivity contribution is -0.122. The van der Waals surface area contributed by atoms with Crippen molar-refractivity contribution in [3.8, 4) is 5.75 Å². The lowest BCUT2D eigenvalue weighted by Gasteiger charge is -2.21. The van der Waals surface area contributed by atoms with Crippen LogP contribution in [0.25, 0.3) is 0 Å². The number of hydrogen-bond donors (Lipinski definition) is 1. The number of primary amides is 1. The van der Waals surface area contributed by atoms with Gasteiger partial charge in [0.05, 0.1) is 12.0 Å². The SMILES string of the molecule is CC(C)COc1ccc(C(C)(C)C(N)=O)cc1. The molecule has 0 radical (unpaired) electrons. The summed E-state index contributed by atoms with van der Waals surface area (Å²) >= 11 is 0. The Kier molecular flexibility index (Phi) is 4.16. The number of hydrogen-bond acceptors (Lipinski definition) is 2. The van der Waals surface area contributed by atoms with Crippen LogP contribution < -0.4 is 10.5 Å². The number of amides is 1. The van der Waals surface area contributed by atoms with E-state index >= 15 is 0 Å². The predicted molar refractivity (Wildman–Crippen MR) is 69.0 cm³/mol. The molecule has 0 aliphatic carbocycles. The minimum Gasteiger partial charge on any atom is -0.493 e. The third kappa shape index (κ3) is 3.48. The zero-order chi connectivity index (χ0) is 13.1. The summed E-state index contributed by atoms with van der Waals surface area (Å²) in [6, 6.07) is 7.53. The summed E-state index contributed by atoms with van der Waals surface area (Å²) in [4.78, 5) is 11.3. The highest BCUT2D eigenvalue weighted by Gasteiger charge is 2.26. The van der Waals surface area contributed by atoms with E-state index in [-0.39, 0.29) is 5.91 Å². The number of benzene rings is 1. The number of ether oxygens (including phenoxy) is 1. The zero-order valence-electron chi connectivity index (χ0n) is 11.0. The van der Waals surface area contributed by atoms with Gasteiger partial charge in [0, 0.05) is 0 Å². The molecule has 2 N–H and O–H groups in total. The molecule has 1 rings (SSSR count). The van der Waals surface area contributed by atoms with Crippen LogP contribution in [0.3, 0.4) is 0 Å². The maximum Gasteiger partial charge on any atom is 0.227 e. The maximum absolute atomic E-state index is 11.3. The summed E-state index contributed by atoms with van der Waals surface area (Å²) in [6.07, 6.45) is 0. The van der Waals surface area contributed by atoms with Crippen molar-refractivity contribution >= 4 is 5.91 Å². The molecule has 1 aromatic carbocycles. The Hall–Kier alpha value is -1.51. The zero-order valence-corrected chi connectivity index (χ0v) is 11.0. The van der Waals surface area contributed by atoms with Crippen molar-refractivity contribution in [2.45, 2.75) is 33.1 Å². The molecule has 0 saturated carbocycles. The first kappa shape index (κ1) is 13.6. The lowest BCUT2D eigenvalue weighted by Crippen LogP contribution is -2.35. The molecule has 0 unspecified atom stereocenters. The summed E-state index contributed by atoms with van der Waals surface area (Å²) < 4.78 is 5.58. The smallest absolute Gasteiger partial charge is 0.227 e. The highest BCUT2D eigenvalue weighted by molar-refractivity contribution is 5.85. The van der Waals surface area contributed by atoms with Gasteiger partial charge in [-0.15, -0.1) is 0 Å². The summed E-state index contributed by atoms with van der Waals surface area (Å²) in [5.41, 5.74) is 5.63. The van der Waals surface area contributed by atoms with Crippen molar-refractivity contribution in [2.24, 2.45) is 11.7 Å². The maximum atomic E-state index is 11.3. The Labute approximate surface area is 103 Å². The number of rotatable bonds is 5. The molecule has 0 aliphatic heterocycles. The molecule has 0 spiro atoms. The first-order chi connectivity index (χ1) is 7.84. The van der Waals surface area contributed by atoms with Crippen molar-refractivity contribution in [1.29, 1.82) is 0 Å². The van der Waals surface area contributed by atoms with Gasteiger partial charge in [0.1, 0.15) is 5.75 Å². The van der Waals surface area contributed by atoms with E-state index in [0.29, 0.717) is 12.5 Å². The third-order valence-corrected chi connectivity index (χ3v) is 2.78. The van der Waals surface area contributed by atoms with E-state index in [4.69, 9.17) is 10.5 Å². The standard InChI is InChI=1S/C14H21NO2/c1-10(2)9-17-12-7-5-11(6-8-12)14(3,4)13(15)16/h5-8,10H,9H2,1-4H3,(H2,15,16). The van der Waals surface area contributed by atoms with Gasteiger partial charge in [0.25, 0.3) is 0 Å². The van der Waals surface area contributed by atoms with E-state index in [0.717, 1.165) is 11.3 Å². The van der Waals surface area contributed by atoms with Crippen LogP contribution in [0.1, 0.15) is 33.3 Å². The van der Waals surface area contributed by atoms with Crippen molar-refractivity contribution in [3.63, 3.8) is 0 Å².